The highest BCUT2D eigenvalue weighted by Gasteiger charge is 2.15. The summed E-state index contributed by atoms with van der Waals surface area (Å²) in [7, 11) is 0. The standard InChI is InChI=1S/C17H21N3O/c1-3-15(13-8-6-5-7-9-13)20-17(21)16-12-14(18-4-2)10-11-19-16/h5-12,15H,3-4H2,1-2H3,(H,18,19)(H,20,21). The number of amides is 1. The Morgan fingerprint density at radius 1 is 1.19 bits per heavy atom. The van der Waals surface area contributed by atoms with Crippen LogP contribution in [0.25, 0.3) is 0 Å². The van der Waals surface area contributed by atoms with Crippen LogP contribution in [0.15, 0.2) is 48.7 Å². The molecule has 4 heteroatoms. The molecule has 0 aliphatic rings. The van der Waals surface area contributed by atoms with Crippen LogP contribution in [-0.2, 0) is 0 Å². The van der Waals surface area contributed by atoms with Crippen molar-refractivity contribution in [2.24, 2.45) is 0 Å². The molecule has 1 aromatic heterocycles. The van der Waals surface area contributed by atoms with Gasteiger partial charge in [0.2, 0.25) is 0 Å². The third-order valence-electron chi connectivity index (χ3n) is 3.29. The number of hydrogen-bond acceptors (Lipinski definition) is 3. The van der Waals surface area contributed by atoms with Gasteiger partial charge in [-0.2, -0.15) is 0 Å². The van der Waals surface area contributed by atoms with Crippen LogP contribution in [0.2, 0.25) is 0 Å². The molecule has 1 amide bonds. The maximum absolute atomic E-state index is 12.3. The van der Waals surface area contributed by atoms with Gasteiger partial charge in [-0.3, -0.25) is 9.78 Å². The normalized spacial score (nSPS) is 11.7. The summed E-state index contributed by atoms with van der Waals surface area (Å²) in [4.78, 5) is 16.5. The van der Waals surface area contributed by atoms with Crippen LogP contribution in [0.3, 0.4) is 0 Å². The molecular formula is C17H21N3O. The van der Waals surface area contributed by atoms with Crippen LogP contribution >= 0.6 is 0 Å². The van der Waals surface area contributed by atoms with Gasteiger partial charge in [0.05, 0.1) is 6.04 Å². The van der Waals surface area contributed by atoms with Gasteiger partial charge in [-0.15, -0.1) is 0 Å². The molecule has 0 spiro atoms. The lowest BCUT2D eigenvalue weighted by Gasteiger charge is -2.17. The molecule has 0 aliphatic heterocycles. The second kappa shape index (κ2) is 7.43. The van der Waals surface area contributed by atoms with E-state index < -0.39 is 0 Å². The Kier molecular flexibility index (Phi) is 5.32. The van der Waals surface area contributed by atoms with Crippen molar-refractivity contribution >= 4 is 11.6 Å². The molecule has 0 saturated heterocycles. The van der Waals surface area contributed by atoms with E-state index in [9.17, 15) is 4.79 Å². The first-order valence-electron chi connectivity index (χ1n) is 7.30. The van der Waals surface area contributed by atoms with Gasteiger partial charge in [-0.25, -0.2) is 0 Å². The molecule has 1 unspecified atom stereocenters. The van der Waals surface area contributed by atoms with Crippen molar-refractivity contribution in [3.8, 4) is 0 Å². The average Bonchev–Trinajstić information content (AvgIpc) is 2.54. The molecule has 0 radical (unpaired) electrons. The minimum Gasteiger partial charge on any atom is -0.385 e. The van der Waals surface area contributed by atoms with Gasteiger partial charge in [-0.1, -0.05) is 37.3 Å². The van der Waals surface area contributed by atoms with Crippen molar-refractivity contribution in [2.45, 2.75) is 26.3 Å². The number of anilines is 1. The lowest BCUT2D eigenvalue weighted by molar-refractivity contribution is 0.0930. The second-order valence-electron chi connectivity index (χ2n) is 4.81. The molecule has 21 heavy (non-hydrogen) atoms. The largest absolute Gasteiger partial charge is 0.385 e. The van der Waals surface area contributed by atoms with E-state index in [1.54, 1.807) is 12.3 Å². The van der Waals surface area contributed by atoms with Crippen molar-refractivity contribution in [3.05, 3.63) is 59.9 Å². The predicted octanol–water partition coefficient (Wildman–Crippen LogP) is 3.39. The smallest absolute Gasteiger partial charge is 0.270 e. The minimum absolute atomic E-state index is 0.00305. The number of rotatable bonds is 6. The molecule has 0 bridgehead atoms. The van der Waals surface area contributed by atoms with Crippen molar-refractivity contribution in [2.75, 3.05) is 11.9 Å². The summed E-state index contributed by atoms with van der Waals surface area (Å²) in [5.41, 5.74) is 2.45. The fraction of sp³-hybridized carbons (Fsp3) is 0.294. The Morgan fingerprint density at radius 2 is 1.95 bits per heavy atom. The maximum atomic E-state index is 12.3. The third-order valence-corrected chi connectivity index (χ3v) is 3.29. The van der Waals surface area contributed by atoms with Crippen molar-refractivity contribution in [1.82, 2.24) is 10.3 Å². The summed E-state index contributed by atoms with van der Waals surface area (Å²) in [6.07, 6.45) is 2.49. The maximum Gasteiger partial charge on any atom is 0.270 e. The van der Waals surface area contributed by atoms with E-state index in [-0.39, 0.29) is 11.9 Å². The van der Waals surface area contributed by atoms with Gasteiger partial charge in [0.25, 0.3) is 5.91 Å². The zero-order valence-corrected chi connectivity index (χ0v) is 12.5. The fourth-order valence-electron chi connectivity index (χ4n) is 2.21. The number of benzene rings is 1. The van der Waals surface area contributed by atoms with Crippen molar-refractivity contribution in [3.63, 3.8) is 0 Å². The molecule has 0 saturated carbocycles. The number of nitrogens with one attached hydrogen (secondary N) is 2. The lowest BCUT2D eigenvalue weighted by atomic mass is 10.0. The van der Waals surface area contributed by atoms with Crippen LogP contribution in [-0.4, -0.2) is 17.4 Å². The number of pyridine rings is 1. The molecule has 4 nitrogen and oxygen atoms in total. The Hall–Kier alpha value is -2.36. The monoisotopic (exact) mass is 283 g/mol. The molecule has 2 aromatic rings. The van der Waals surface area contributed by atoms with Gasteiger partial charge in [0.15, 0.2) is 0 Å². The minimum atomic E-state index is -0.148. The number of carbonyl (C=O) groups is 1. The first-order valence-corrected chi connectivity index (χ1v) is 7.30. The van der Waals surface area contributed by atoms with Crippen LogP contribution in [0.5, 0.6) is 0 Å². The lowest BCUT2D eigenvalue weighted by Crippen LogP contribution is -2.28. The Balaban J connectivity index is 2.11. The Bertz CT molecular complexity index is 584. The first-order chi connectivity index (χ1) is 10.2. The van der Waals surface area contributed by atoms with Crippen LogP contribution in [0, 0.1) is 0 Å². The van der Waals surface area contributed by atoms with Gasteiger partial charge in [-0.05, 0) is 31.0 Å². The zero-order chi connectivity index (χ0) is 15.1. The van der Waals surface area contributed by atoms with Crippen LogP contribution in [0.1, 0.15) is 42.4 Å². The highest BCUT2D eigenvalue weighted by molar-refractivity contribution is 5.93. The summed E-state index contributed by atoms with van der Waals surface area (Å²) in [5, 5.41) is 6.22. The predicted molar refractivity (Wildman–Crippen MR) is 85.3 cm³/mol. The van der Waals surface area contributed by atoms with E-state index in [4.69, 9.17) is 0 Å². The number of aromatic nitrogens is 1. The van der Waals surface area contributed by atoms with Crippen molar-refractivity contribution in [1.29, 1.82) is 0 Å². The first kappa shape index (κ1) is 15.0. The molecule has 1 heterocycles. The highest BCUT2D eigenvalue weighted by Crippen LogP contribution is 2.17. The molecule has 2 N–H and O–H groups in total. The van der Waals surface area contributed by atoms with E-state index in [1.807, 2.05) is 43.3 Å². The molecule has 0 fully saturated rings. The van der Waals surface area contributed by atoms with Gasteiger partial charge >= 0.3 is 0 Å². The van der Waals surface area contributed by atoms with Gasteiger partial charge < -0.3 is 10.6 Å². The Morgan fingerprint density at radius 3 is 2.62 bits per heavy atom. The van der Waals surface area contributed by atoms with Gasteiger partial charge in [0.1, 0.15) is 5.69 Å². The van der Waals surface area contributed by atoms with Crippen LogP contribution in [0.4, 0.5) is 5.69 Å². The summed E-state index contributed by atoms with van der Waals surface area (Å²) >= 11 is 0. The molecule has 110 valence electrons. The fourth-order valence-corrected chi connectivity index (χ4v) is 2.21. The van der Waals surface area contributed by atoms with Crippen LogP contribution < -0.4 is 10.6 Å². The van der Waals surface area contributed by atoms with E-state index >= 15 is 0 Å². The molecule has 1 aromatic carbocycles. The number of hydrogen-bond donors (Lipinski definition) is 2. The number of nitrogens with zero attached hydrogens (tertiary/aromatic N) is 1. The molecular weight excluding hydrogens is 262 g/mol. The summed E-state index contributed by atoms with van der Waals surface area (Å²) in [5.74, 6) is -0.148. The topological polar surface area (TPSA) is 54.0 Å². The summed E-state index contributed by atoms with van der Waals surface area (Å²) < 4.78 is 0. The number of carbonyl (C=O) groups excluding carboxylic acids is 1. The van der Waals surface area contributed by atoms with E-state index in [2.05, 4.69) is 22.5 Å². The van der Waals surface area contributed by atoms with E-state index in [1.165, 1.54) is 0 Å². The third kappa shape index (κ3) is 4.05. The van der Waals surface area contributed by atoms with E-state index in [0.717, 1.165) is 24.2 Å². The average molecular weight is 283 g/mol. The molecule has 0 aliphatic carbocycles. The molecule has 2 rings (SSSR count). The molecule has 1 atom stereocenters. The Labute approximate surface area is 125 Å². The zero-order valence-electron chi connectivity index (χ0n) is 12.5. The highest BCUT2D eigenvalue weighted by atomic mass is 16.1. The SMILES string of the molecule is CCNc1ccnc(C(=O)NC(CC)c2ccccc2)c1. The second-order valence-corrected chi connectivity index (χ2v) is 4.81. The van der Waals surface area contributed by atoms with E-state index in [0.29, 0.717) is 5.69 Å². The summed E-state index contributed by atoms with van der Waals surface area (Å²) in [6, 6.07) is 13.6. The summed E-state index contributed by atoms with van der Waals surface area (Å²) in [6.45, 7) is 4.88. The van der Waals surface area contributed by atoms with Gasteiger partial charge in [0, 0.05) is 18.4 Å². The van der Waals surface area contributed by atoms with Crippen molar-refractivity contribution < 1.29 is 4.79 Å². The quantitative estimate of drug-likeness (QED) is 0.854.